The lowest BCUT2D eigenvalue weighted by molar-refractivity contribution is -0.114. The third-order valence-corrected chi connectivity index (χ3v) is 2.94. The molecule has 0 spiro atoms. The SMILES string of the molecule is CC(=O)Nc1ccc(I)c(OCCN(C)C)c1. The highest BCUT2D eigenvalue weighted by molar-refractivity contribution is 14.1. The molecular weight excluding hydrogens is 331 g/mol. The number of ether oxygens (including phenoxy) is 1. The van der Waals surface area contributed by atoms with Crippen molar-refractivity contribution in [3.05, 3.63) is 21.8 Å². The first-order chi connectivity index (χ1) is 7.99. The fourth-order valence-electron chi connectivity index (χ4n) is 1.23. The second-order valence-electron chi connectivity index (χ2n) is 3.98. The Morgan fingerprint density at radius 2 is 2.18 bits per heavy atom. The van der Waals surface area contributed by atoms with Gasteiger partial charge < -0.3 is 15.0 Å². The average molecular weight is 348 g/mol. The van der Waals surface area contributed by atoms with Crippen molar-refractivity contribution in [2.24, 2.45) is 0 Å². The van der Waals surface area contributed by atoms with E-state index in [9.17, 15) is 4.79 Å². The number of rotatable bonds is 5. The van der Waals surface area contributed by atoms with Gasteiger partial charge in [-0.25, -0.2) is 0 Å². The van der Waals surface area contributed by atoms with Crippen LogP contribution in [0, 0.1) is 3.57 Å². The Bertz CT molecular complexity index is 394. The number of nitrogens with one attached hydrogen (secondary N) is 1. The number of likely N-dealkylation sites (N-methyl/N-ethyl adjacent to an activating group) is 1. The molecule has 0 fully saturated rings. The molecule has 0 aliphatic carbocycles. The fraction of sp³-hybridized carbons (Fsp3) is 0.417. The third-order valence-electron chi connectivity index (χ3n) is 2.05. The first-order valence-corrected chi connectivity index (χ1v) is 6.41. The summed E-state index contributed by atoms with van der Waals surface area (Å²) in [6.07, 6.45) is 0. The number of nitrogens with zero attached hydrogens (tertiary/aromatic N) is 1. The van der Waals surface area contributed by atoms with Crippen LogP contribution in [0.4, 0.5) is 5.69 Å². The highest BCUT2D eigenvalue weighted by Crippen LogP contribution is 2.24. The topological polar surface area (TPSA) is 41.6 Å². The standard InChI is InChI=1S/C12H17IN2O2/c1-9(16)14-10-4-5-11(13)12(8-10)17-7-6-15(2)3/h4-5,8H,6-7H2,1-3H3,(H,14,16). The maximum atomic E-state index is 11.0. The summed E-state index contributed by atoms with van der Waals surface area (Å²) in [6, 6.07) is 5.64. The van der Waals surface area contributed by atoms with Crippen LogP contribution in [0.3, 0.4) is 0 Å². The van der Waals surface area contributed by atoms with Crippen molar-refractivity contribution in [3.63, 3.8) is 0 Å². The number of halogens is 1. The minimum Gasteiger partial charge on any atom is -0.491 e. The van der Waals surface area contributed by atoms with Gasteiger partial charge >= 0.3 is 0 Å². The number of amides is 1. The summed E-state index contributed by atoms with van der Waals surface area (Å²) in [5, 5.41) is 2.74. The number of carbonyl (C=O) groups is 1. The first-order valence-electron chi connectivity index (χ1n) is 5.33. The molecule has 0 saturated heterocycles. The zero-order valence-corrected chi connectivity index (χ0v) is 12.4. The lowest BCUT2D eigenvalue weighted by atomic mass is 10.3. The Kier molecular flexibility index (Phi) is 5.70. The molecule has 0 atom stereocenters. The van der Waals surface area contributed by atoms with Gasteiger partial charge in [0, 0.05) is 25.2 Å². The van der Waals surface area contributed by atoms with Crippen molar-refractivity contribution in [3.8, 4) is 5.75 Å². The van der Waals surface area contributed by atoms with E-state index in [-0.39, 0.29) is 5.91 Å². The zero-order valence-electron chi connectivity index (χ0n) is 10.3. The summed E-state index contributed by atoms with van der Waals surface area (Å²) >= 11 is 2.22. The molecule has 1 aromatic carbocycles. The fourth-order valence-corrected chi connectivity index (χ4v) is 1.72. The number of hydrogen-bond donors (Lipinski definition) is 1. The molecule has 1 N–H and O–H groups in total. The maximum Gasteiger partial charge on any atom is 0.221 e. The molecule has 94 valence electrons. The molecule has 1 amide bonds. The van der Waals surface area contributed by atoms with Gasteiger partial charge in [0.1, 0.15) is 12.4 Å². The van der Waals surface area contributed by atoms with Gasteiger partial charge in [-0.15, -0.1) is 0 Å². The summed E-state index contributed by atoms with van der Waals surface area (Å²) in [6.45, 7) is 2.98. The van der Waals surface area contributed by atoms with E-state index in [0.29, 0.717) is 6.61 Å². The van der Waals surface area contributed by atoms with Crippen LogP contribution >= 0.6 is 22.6 Å². The summed E-state index contributed by atoms with van der Waals surface area (Å²) < 4.78 is 6.71. The highest BCUT2D eigenvalue weighted by atomic mass is 127. The monoisotopic (exact) mass is 348 g/mol. The molecule has 17 heavy (non-hydrogen) atoms. The van der Waals surface area contributed by atoms with Crippen molar-refractivity contribution >= 4 is 34.2 Å². The number of carbonyl (C=O) groups excluding carboxylic acids is 1. The summed E-state index contributed by atoms with van der Waals surface area (Å²) in [4.78, 5) is 13.0. The van der Waals surface area contributed by atoms with Gasteiger partial charge in [0.15, 0.2) is 0 Å². The molecule has 0 unspecified atom stereocenters. The normalized spacial score (nSPS) is 10.4. The summed E-state index contributed by atoms with van der Waals surface area (Å²) in [5.74, 6) is 0.726. The van der Waals surface area contributed by atoms with E-state index in [1.807, 2.05) is 32.3 Å². The maximum absolute atomic E-state index is 11.0. The number of benzene rings is 1. The molecule has 0 heterocycles. The molecule has 0 aromatic heterocycles. The van der Waals surface area contributed by atoms with Gasteiger partial charge in [-0.2, -0.15) is 0 Å². The van der Waals surface area contributed by atoms with Gasteiger partial charge in [0.05, 0.1) is 3.57 Å². The lowest BCUT2D eigenvalue weighted by Crippen LogP contribution is -2.19. The largest absolute Gasteiger partial charge is 0.491 e. The van der Waals surface area contributed by atoms with Gasteiger partial charge in [0.25, 0.3) is 0 Å². The quantitative estimate of drug-likeness (QED) is 0.830. The van der Waals surface area contributed by atoms with E-state index >= 15 is 0 Å². The first kappa shape index (κ1) is 14.2. The van der Waals surface area contributed by atoms with Crippen molar-refractivity contribution in [1.82, 2.24) is 4.90 Å². The minimum atomic E-state index is -0.0783. The number of anilines is 1. The average Bonchev–Trinajstić information content (AvgIpc) is 2.21. The van der Waals surface area contributed by atoms with Crippen molar-refractivity contribution in [2.45, 2.75) is 6.92 Å². The molecule has 1 aromatic rings. The molecule has 1 rings (SSSR count). The Balaban J connectivity index is 2.66. The van der Waals surface area contributed by atoms with Crippen LogP contribution in [0.2, 0.25) is 0 Å². The van der Waals surface area contributed by atoms with Crippen LogP contribution in [0.15, 0.2) is 18.2 Å². The summed E-state index contributed by atoms with van der Waals surface area (Å²) in [7, 11) is 4.00. The predicted molar refractivity (Wildman–Crippen MR) is 77.5 cm³/mol. The Morgan fingerprint density at radius 3 is 2.76 bits per heavy atom. The van der Waals surface area contributed by atoms with Gasteiger partial charge in [-0.3, -0.25) is 4.79 Å². The van der Waals surface area contributed by atoms with E-state index in [1.54, 1.807) is 0 Å². The Labute approximate surface area is 115 Å². The van der Waals surface area contributed by atoms with E-state index in [2.05, 4.69) is 32.8 Å². The van der Waals surface area contributed by atoms with Crippen molar-refractivity contribution in [2.75, 3.05) is 32.6 Å². The molecular formula is C12H17IN2O2. The molecule has 4 nitrogen and oxygen atoms in total. The second-order valence-corrected chi connectivity index (χ2v) is 5.14. The second kappa shape index (κ2) is 6.80. The van der Waals surface area contributed by atoms with Crippen LogP contribution in [-0.4, -0.2) is 38.1 Å². The highest BCUT2D eigenvalue weighted by Gasteiger charge is 2.04. The molecule has 0 bridgehead atoms. The zero-order chi connectivity index (χ0) is 12.8. The van der Waals surface area contributed by atoms with Crippen LogP contribution < -0.4 is 10.1 Å². The van der Waals surface area contributed by atoms with Crippen LogP contribution in [0.25, 0.3) is 0 Å². The van der Waals surface area contributed by atoms with Crippen molar-refractivity contribution < 1.29 is 9.53 Å². The molecule has 5 heteroatoms. The van der Waals surface area contributed by atoms with E-state index in [1.165, 1.54) is 6.92 Å². The molecule has 0 aliphatic heterocycles. The van der Waals surface area contributed by atoms with Crippen molar-refractivity contribution in [1.29, 1.82) is 0 Å². The number of hydrogen-bond acceptors (Lipinski definition) is 3. The van der Waals surface area contributed by atoms with Gasteiger partial charge in [-0.1, -0.05) is 0 Å². The molecule has 0 radical (unpaired) electrons. The van der Waals surface area contributed by atoms with Gasteiger partial charge in [-0.05, 0) is 48.8 Å². The van der Waals surface area contributed by atoms with Gasteiger partial charge in [0.2, 0.25) is 5.91 Å². The Hall–Kier alpha value is -0.820. The minimum absolute atomic E-state index is 0.0783. The van der Waals surface area contributed by atoms with E-state index in [0.717, 1.165) is 21.6 Å². The molecule has 0 saturated carbocycles. The summed E-state index contributed by atoms with van der Waals surface area (Å²) in [5.41, 5.74) is 0.762. The Morgan fingerprint density at radius 1 is 1.47 bits per heavy atom. The smallest absolute Gasteiger partial charge is 0.221 e. The predicted octanol–water partition coefficient (Wildman–Crippen LogP) is 2.19. The lowest BCUT2D eigenvalue weighted by Gasteiger charge is -2.13. The van der Waals surface area contributed by atoms with E-state index < -0.39 is 0 Å². The van der Waals surface area contributed by atoms with Crippen LogP contribution in [0.1, 0.15) is 6.92 Å². The molecule has 0 aliphatic rings. The third kappa shape index (κ3) is 5.36. The van der Waals surface area contributed by atoms with Crippen LogP contribution in [-0.2, 0) is 4.79 Å². The van der Waals surface area contributed by atoms with Crippen LogP contribution in [0.5, 0.6) is 5.75 Å². The van der Waals surface area contributed by atoms with E-state index in [4.69, 9.17) is 4.74 Å².